The van der Waals surface area contributed by atoms with Crippen LogP contribution >= 0.6 is 0 Å². The van der Waals surface area contributed by atoms with E-state index < -0.39 is 48.6 Å². The SMILES string of the molecule is COc1ccc(O[C@@H]2O[C@H](COC(C)=O)[C@@H](OC(C)=O)[C@H](OCc3ccccc3)[C@H]2OC(C)=O)cc1. The fourth-order valence-electron chi connectivity index (χ4n) is 3.70. The van der Waals surface area contributed by atoms with Crippen LogP contribution in [-0.4, -0.2) is 62.3 Å². The topological polar surface area (TPSA) is 116 Å². The summed E-state index contributed by atoms with van der Waals surface area (Å²) in [5.41, 5.74) is 0.844. The normalized spacial score (nSPS) is 23.3. The van der Waals surface area contributed by atoms with Crippen LogP contribution in [0.25, 0.3) is 0 Å². The molecule has 3 rings (SSSR count). The Balaban J connectivity index is 1.95. The van der Waals surface area contributed by atoms with Gasteiger partial charge in [-0.25, -0.2) is 0 Å². The summed E-state index contributed by atoms with van der Waals surface area (Å²) in [4.78, 5) is 35.6. The van der Waals surface area contributed by atoms with Gasteiger partial charge in [-0.15, -0.1) is 0 Å². The largest absolute Gasteiger partial charge is 0.497 e. The van der Waals surface area contributed by atoms with E-state index in [0.29, 0.717) is 11.5 Å². The zero-order valence-corrected chi connectivity index (χ0v) is 20.6. The van der Waals surface area contributed by atoms with Gasteiger partial charge in [0.25, 0.3) is 0 Å². The van der Waals surface area contributed by atoms with Crippen LogP contribution in [0.3, 0.4) is 0 Å². The summed E-state index contributed by atoms with van der Waals surface area (Å²) in [5, 5.41) is 0. The highest BCUT2D eigenvalue weighted by Crippen LogP contribution is 2.31. The molecule has 0 bridgehead atoms. The summed E-state index contributed by atoms with van der Waals surface area (Å²) < 4.78 is 39.7. The van der Waals surface area contributed by atoms with Crippen molar-refractivity contribution in [3.05, 3.63) is 60.2 Å². The molecule has 0 amide bonds. The molecule has 194 valence electrons. The maximum absolute atomic E-state index is 12.1. The highest BCUT2D eigenvalue weighted by molar-refractivity contribution is 5.67. The van der Waals surface area contributed by atoms with Crippen molar-refractivity contribution in [1.82, 2.24) is 0 Å². The Labute approximate surface area is 209 Å². The number of esters is 3. The lowest BCUT2D eigenvalue weighted by Crippen LogP contribution is -2.63. The van der Waals surface area contributed by atoms with Gasteiger partial charge in [0.15, 0.2) is 12.2 Å². The Morgan fingerprint density at radius 3 is 1.97 bits per heavy atom. The molecule has 0 unspecified atom stereocenters. The first-order valence-electron chi connectivity index (χ1n) is 11.4. The van der Waals surface area contributed by atoms with Crippen LogP contribution in [0.4, 0.5) is 0 Å². The average Bonchev–Trinajstić information content (AvgIpc) is 2.84. The van der Waals surface area contributed by atoms with E-state index in [-0.39, 0.29) is 13.2 Å². The molecule has 0 radical (unpaired) electrons. The van der Waals surface area contributed by atoms with Crippen LogP contribution in [-0.2, 0) is 44.7 Å². The van der Waals surface area contributed by atoms with Gasteiger partial charge in [0.05, 0.1) is 13.7 Å². The number of rotatable bonds is 10. The van der Waals surface area contributed by atoms with Crippen molar-refractivity contribution in [1.29, 1.82) is 0 Å². The van der Waals surface area contributed by atoms with Gasteiger partial charge in [-0.05, 0) is 29.8 Å². The first-order chi connectivity index (χ1) is 17.3. The lowest BCUT2D eigenvalue weighted by Gasteiger charge is -2.44. The van der Waals surface area contributed by atoms with Crippen molar-refractivity contribution >= 4 is 17.9 Å². The van der Waals surface area contributed by atoms with E-state index >= 15 is 0 Å². The molecule has 10 nitrogen and oxygen atoms in total. The standard InChI is InChI=1S/C26H30O10/c1-16(27)31-15-22-23(33-17(2)28)24(32-14-19-8-6-5-7-9-19)25(34-18(3)29)26(36-22)35-21-12-10-20(30-4)11-13-21/h5-13,22-26H,14-15H2,1-4H3/t22-,23-,24+,25-,26-/m1/s1. The Kier molecular flexibility index (Phi) is 9.66. The molecule has 0 spiro atoms. The Hall–Kier alpha value is -3.63. The van der Waals surface area contributed by atoms with E-state index in [4.69, 9.17) is 33.2 Å². The van der Waals surface area contributed by atoms with Crippen molar-refractivity contribution < 1.29 is 47.5 Å². The van der Waals surface area contributed by atoms with Crippen molar-refractivity contribution in [2.75, 3.05) is 13.7 Å². The number of carbonyl (C=O) groups is 3. The first-order valence-corrected chi connectivity index (χ1v) is 11.4. The predicted octanol–water partition coefficient (Wildman–Crippen LogP) is 2.81. The van der Waals surface area contributed by atoms with Crippen LogP contribution < -0.4 is 9.47 Å². The van der Waals surface area contributed by atoms with E-state index in [1.807, 2.05) is 30.3 Å². The van der Waals surface area contributed by atoms with Gasteiger partial charge < -0.3 is 33.2 Å². The third-order valence-corrected chi connectivity index (χ3v) is 5.24. The summed E-state index contributed by atoms with van der Waals surface area (Å²) in [5.74, 6) is -0.746. The molecule has 5 atom stereocenters. The molecule has 0 saturated carbocycles. The Morgan fingerprint density at radius 1 is 0.778 bits per heavy atom. The minimum Gasteiger partial charge on any atom is -0.497 e. The molecule has 10 heteroatoms. The van der Waals surface area contributed by atoms with Crippen LogP contribution in [0.1, 0.15) is 26.3 Å². The lowest BCUT2D eigenvalue weighted by molar-refractivity contribution is -0.294. The summed E-state index contributed by atoms with van der Waals surface area (Å²) >= 11 is 0. The van der Waals surface area contributed by atoms with E-state index in [1.165, 1.54) is 20.8 Å². The maximum Gasteiger partial charge on any atom is 0.303 e. The second-order valence-corrected chi connectivity index (χ2v) is 8.05. The van der Waals surface area contributed by atoms with Crippen LogP contribution in [0.5, 0.6) is 11.5 Å². The van der Waals surface area contributed by atoms with Gasteiger partial charge in [-0.2, -0.15) is 0 Å². The van der Waals surface area contributed by atoms with Gasteiger partial charge in [-0.1, -0.05) is 30.3 Å². The first kappa shape index (κ1) is 27.0. The fourth-order valence-corrected chi connectivity index (χ4v) is 3.70. The van der Waals surface area contributed by atoms with Gasteiger partial charge in [-0.3, -0.25) is 14.4 Å². The van der Waals surface area contributed by atoms with Crippen LogP contribution in [0.2, 0.25) is 0 Å². The smallest absolute Gasteiger partial charge is 0.303 e. The summed E-state index contributed by atoms with van der Waals surface area (Å²) in [6.45, 7) is 3.60. The van der Waals surface area contributed by atoms with Crippen molar-refractivity contribution in [3.8, 4) is 11.5 Å². The van der Waals surface area contributed by atoms with Gasteiger partial charge in [0, 0.05) is 20.8 Å². The minimum atomic E-state index is -1.17. The molecule has 1 fully saturated rings. The predicted molar refractivity (Wildman–Crippen MR) is 125 cm³/mol. The molecule has 1 heterocycles. The molecule has 0 aliphatic carbocycles. The number of hydrogen-bond acceptors (Lipinski definition) is 10. The highest BCUT2D eigenvalue weighted by Gasteiger charge is 2.52. The molecule has 0 aromatic heterocycles. The summed E-state index contributed by atoms with van der Waals surface area (Å²) in [6.07, 6.45) is -5.32. The second kappa shape index (κ2) is 12.9. The van der Waals surface area contributed by atoms with Crippen molar-refractivity contribution in [2.45, 2.75) is 58.1 Å². The molecule has 0 N–H and O–H groups in total. The van der Waals surface area contributed by atoms with Crippen LogP contribution in [0, 0.1) is 0 Å². The van der Waals surface area contributed by atoms with Crippen LogP contribution in [0.15, 0.2) is 54.6 Å². The number of benzene rings is 2. The lowest BCUT2D eigenvalue weighted by atomic mass is 9.98. The fraction of sp³-hybridized carbons (Fsp3) is 0.423. The average molecular weight is 503 g/mol. The van der Waals surface area contributed by atoms with Crippen molar-refractivity contribution in [3.63, 3.8) is 0 Å². The molecule has 2 aromatic rings. The van der Waals surface area contributed by atoms with Gasteiger partial charge in [0.1, 0.15) is 30.3 Å². The maximum atomic E-state index is 12.1. The quantitative estimate of drug-likeness (QED) is 0.355. The number of carbonyl (C=O) groups excluding carboxylic acids is 3. The summed E-state index contributed by atoms with van der Waals surface area (Å²) in [6, 6.07) is 16.0. The Bertz CT molecular complexity index is 1010. The molecule has 1 saturated heterocycles. The molecule has 1 aliphatic rings. The van der Waals surface area contributed by atoms with Crippen molar-refractivity contribution in [2.24, 2.45) is 0 Å². The highest BCUT2D eigenvalue weighted by atomic mass is 16.7. The molecular weight excluding hydrogens is 472 g/mol. The Morgan fingerprint density at radius 2 is 1.39 bits per heavy atom. The molecular formula is C26H30O10. The monoisotopic (exact) mass is 502 g/mol. The zero-order chi connectivity index (χ0) is 26.1. The second-order valence-electron chi connectivity index (χ2n) is 8.05. The molecule has 1 aliphatic heterocycles. The minimum absolute atomic E-state index is 0.122. The molecule has 36 heavy (non-hydrogen) atoms. The van der Waals surface area contributed by atoms with E-state index in [0.717, 1.165) is 5.56 Å². The van der Waals surface area contributed by atoms with E-state index in [1.54, 1.807) is 31.4 Å². The third-order valence-electron chi connectivity index (χ3n) is 5.24. The van der Waals surface area contributed by atoms with Gasteiger partial charge >= 0.3 is 17.9 Å². The summed E-state index contributed by atoms with van der Waals surface area (Å²) in [7, 11) is 1.54. The van der Waals surface area contributed by atoms with E-state index in [2.05, 4.69) is 0 Å². The number of methoxy groups -OCH3 is 1. The molecule has 2 aromatic carbocycles. The number of ether oxygens (including phenoxy) is 7. The zero-order valence-electron chi connectivity index (χ0n) is 20.6. The number of hydrogen-bond donors (Lipinski definition) is 0. The third kappa shape index (κ3) is 7.69. The van der Waals surface area contributed by atoms with Gasteiger partial charge in [0.2, 0.25) is 6.29 Å². The van der Waals surface area contributed by atoms with E-state index in [9.17, 15) is 14.4 Å².